The van der Waals surface area contributed by atoms with E-state index in [-0.39, 0.29) is 17.3 Å². The molecule has 3 rings (SSSR count). The molecular formula is C15H17FN2O3. The van der Waals surface area contributed by atoms with Crippen molar-refractivity contribution >= 4 is 11.6 Å². The average molecular weight is 292 g/mol. The first kappa shape index (κ1) is 14.0. The predicted molar refractivity (Wildman–Crippen MR) is 74.5 cm³/mol. The molecule has 1 amide bonds. The van der Waals surface area contributed by atoms with Crippen LogP contribution in [0.25, 0.3) is 0 Å². The number of likely N-dealkylation sites (tertiary alicyclic amines) is 1. The number of carbonyl (C=O) groups is 1. The second kappa shape index (κ2) is 5.42. The van der Waals surface area contributed by atoms with Crippen molar-refractivity contribution in [3.63, 3.8) is 0 Å². The van der Waals surface area contributed by atoms with Crippen LogP contribution in [0.3, 0.4) is 0 Å². The Balaban J connectivity index is 1.94. The fraction of sp³-hybridized carbons (Fsp3) is 0.533. The maximum atomic E-state index is 13.4. The number of nitrogens with zero attached hydrogens (tertiary/aromatic N) is 2. The van der Waals surface area contributed by atoms with Crippen LogP contribution >= 0.6 is 0 Å². The zero-order valence-corrected chi connectivity index (χ0v) is 11.6. The number of halogens is 1. The summed E-state index contributed by atoms with van der Waals surface area (Å²) in [7, 11) is 0. The number of carbonyl (C=O) groups excluding carboxylic acids is 1. The van der Waals surface area contributed by atoms with Gasteiger partial charge in [0.05, 0.1) is 4.92 Å². The number of hydrogen-bond donors (Lipinski definition) is 0. The minimum absolute atomic E-state index is 0.132. The lowest BCUT2D eigenvalue weighted by Gasteiger charge is -2.37. The maximum Gasteiger partial charge on any atom is 0.282 e. The molecule has 0 radical (unpaired) electrons. The summed E-state index contributed by atoms with van der Waals surface area (Å²) in [5.41, 5.74) is -0.450. The van der Waals surface area contributed by atoms with E-state index >= 15 is 0 Å². The summed E-state index contributed by atoms with van der Waals surface area (Å²) >= 11 is 0. The second-order valence-corrected chi connectivity index (χ2v) is 5.82. The molecule has 2 atom stereocenters. The van der Waals surface area contributed by atoms with Crippen LogP contribution < -0.4 is 0 Å². The monoisotopic (exact) mass is 292 g/mol. The van der Waals surface area contributed by atoms with Gasteiger partial charge in [0, 0.05) is 18.7 Å². The van der Waals surface area contributed by atoms with Crippen LogP contribution in [0.5, 0.6) is 0 Å². The molecule has 1 heterocycles. The Morgan fingerprint density at radius 2 is 2.05 bits per heavy atom. The third-order valence-corrected chi connectivity index (χ3v) is 4.64. The number of rotatable bonds is 2. The highest BCUT2D eigenvalue weighted by Crippen LogP contribution is 2.38. The number of nitro benzene ring substituents is 1. The first-order chi connectivity index (χ1) is 10.1. The van der Waals surface area contributed by atoms with Gasteiger partial charge in [0.2, 0.25) is 0 Å². The molecule has 1 aromatic carbocycles. The fourth-order valence-electron chi connectivity index (χ4n) is 3.70. The van der Waals surface area contributed by atoms with E-state index < -0.39 is 16.6 Å². The van der Waals surface area contributed by atoms with Crippen LogP contribution in [0.4, 0.5) is 10.1 Å². The van der Waals surface area contributed by atoms with Crippen molar-refractivity contribution < 1.29 is 14.1 Å². The SMILES string of the molecule is O=C(c1cc(F)ccc1[N+](=O)[O-])N1CCCC2CCCC21. The molecule has 112 valence electrons. The van der Waals surface area contributed by atoms with E-state index in [1.165, 1.54) is 0 Å². The molecule has 0 aromatic heterocycles. The highest BCUT2D eigenvalue weighted by molar-refractivity contribution is 5.98. The Bertz CT molecular complexity index is 590. The molecule has 0 N–H and O–H groups in total. The first-order valence-electron chi connectivity index (χ1n) is 7.33. The molecule has 6 heteroatoms. The van der Waals surface area contributed by atoms with Crippen molar-refractivity contribution in [3.05, 3.63) is 39.7 Å². The van der Waals surface area contributed by atoms with E-state index in [4.69, 9.17) is 0 Å². The van der Waals surface area contributed by atoms with Gasteiger partial charge in [-0.3, -0.25) is 14.9 Å². The topological polar surface area (TPSA) is 63.4 Å². The van der Waals surface area contributed by atoms with Crippen LogP contribution in [0, 0.1) is 21.8 Å². The van der Waals surface area contributed by atoms with E-state index in [1.807, 2.05) is 0 Å². The fourth-order valence-corrected chi connectivity index (χ4v) is 3.70. The zero-order valence-electron chi connectivity index (χ0n) is 11.6. The summed E-state index contributed by atoms with van der Waals surface area (Å²) in [6, 6.07) is 3.23. The maximum absolute atomic E-state index is 13.4. The Hall–Kier alpha value is -1.98. The summed E-state index contributed by atoms with van der Waals surface area (Å²) in [5.74, 6) is -0.531. The van der Waals surface area contributed by atoms with Crippen LogP contribution in [0.1, 0.15) is 42.5 Å². The van der Waals surface area contributed by atoms with E-state index in [0.717, 1.165) is 50.3 Å². The molecule has 1 aromatic rings. The Morgan fingerprint density at radius 1 is 1.29 bits per heavy atom. The summed E-state index contributed by atoms with van der Waals surface area (Å²) in [6.07, 6.45) is 5.17. The molecule has 5 nitrogen and oxygen atoms in total. The lowest BCUT2D eigenvalue weighted by molar-refractivity contribution is -0.385. The third kappa shape index (κ3) is 2.50. The van der Waals surface area contributed by atoms with Crippen molar-refractivity contribution in [1.82, 2.24) is 4.90 Å². The predicted octanol–water partition coefficient (Wildman–Crippen LogP) is 3.14. The lowest BCUT2D eigenvalue weighted by Crippen LogP contribution is -2.46. The molecule has 2 fully saturated rings. The third-order valence-electron chi connectivity index (χ3n) is 4.64. The van der Waals surface area contributed by atoms with Gasteiger partial charge in [-0.25, -0.2) is 4.39 Å². The molecule has 1 aliphatic heterocycles. The largest absolute Gasteiger partial charge is 0.335 e. The number of benzene rings is 1. The van der Waals surface area contributed by atoms with Crippen molar-refractivity contribution in [2.75, 3.05) is 6.54 Å². The van der Waals surface area contributed by atoms with E-state index in [9.17, 15) is 19.3 Å². The minimum Gasteiger partial charge on any atom is -0.335 e. The molecule has 1 saturated carbocycles. The van der Waals surface area contributed by atoms with Crippen molar-refractivity contribution in [2.24, 2.45) is 5.92 Å². The van der Waals surface area contributed by atoms with Gasteiger partial charge < -0.3 is 4.90 Å². The molecule has 21 heavy (non-hydrogen) atoms. The molecule has 1 saturated heterocycles. The van der Waals surface area contributed by atoms with Gasteiger partial charge in [-0.15, -0.1) is 0 Å². The van der Waals surface area contributed by atoms with Crippen LogP contribution in [-0.4, -0.2) is 28.3 Å². The first-order valence-corrected chi connectivity index (χ1v) is 7.33. The normalized spacial score (nSPS) is 24.7. The second-order valence-electron chi connectivity index (χ2n) is 5.82. The van der Waals surface area contributed by atoms with Crippen LogP contribution in [0.15, 0.2) is 18.2 Å². The van der Waals surface area contributed by atoms with Gasteiger partial charge >= 0.3 is 0 Å². The lowest BCUT2D eigenvalue weighted by atomic mass is 9.91. The average Bonchev–Trinajstić information content (AvgIpc) is 2.94. The smallest absolute Gasteiger partial charge is 0.282 e. The number of piperidine rings is 1. The highest BCUT2D eigenvalue weighted by atomic mass is 19.1. The Morgan fingerprint density at radius 3 is 2.81 bits per heavy atom. The van der Waals surface area contributed by atoms with Crippen molar-refractivity contribution in [3.8, 4) is 0 Å². The standard InChI is InChI=1S/C15H17FN2O3/c16-11-6-7-14(18(20)21)12(9-11)15(19)17-8-2-4-10-3-1-5-13(10)17/h6-7,9-10,13H,1-5,8H2. The Labute approximate surface area is 121 Å². The van der Waals surface area contributed by atoms with Crippen LogP contribution in [-0.2, 0) is 0 Å². The number of nitro groups is 1. The molecule has 0 spiro atoms. The Kier molecular flexibility index (Phi) is 3.61. The molecule has 1 aliphatic carbocycles. The van der Waals surface area contributed by atoms with E-state index in [0.29, 0.717) is 12.5 Å². The molecule has 0 bridgehead atoms. The molecule has 2 aliphatic rings. The quantitative estimate of drug-likeness (QED) is 0.621. The van der Waals surface area contributed by atoms with Gasteiger partial charge in [-0.2, -0.15) is 0 Å². The minimum atomic E-state index is -0.622. The van der Waals surface area contributed by atoms with Crippen molar-refractivity contribution in [2.45, 2.75) is 38.1 Å². The van der Waals surface area contributed by atoms with Gasteiger partial charge in [0.25, 0.3) is 11.6 Å². The van der Waals surface area contributed by atoms with Gasteiger partial charge in [0.15, 0.2) is 0 Å². The van der Waals surface area contributed by atoms with Crippen molar-refractivity contribution in [1.29, 1.82) is 0 Å². The molecule has 2 unspecified atom stereocenters. The molecular weight excluding hydrogens is 275 g/mol. The number of fused-ring (bicyclic) bond motifs is 1. The summed E-state index contributed by atoms with van der Waals surface area (Å²) < 4.78 is 13.4. The summed E-state index contributed by atoms with van der Waals surface area (Å²) in [4.78, 5) is 24.8. The van der Waals surface area contributed by atoms with Gasteiger partial charge in [-0.05, 0) is 43.7 Å². The van der Waals surface area contributed by atoms with E-state index in [2.05, 4.69) is 0 Å². The van der Waals surface area contributed by atoms with Crippen LogP contribution in [0.2, 0.25) is 0 Å². The zero-order chi connectivity index (χ0) is 15.0. The van der Waals surface area contributed by atoms with E-state index in [1.54, 1.807) is 4.90 Å². The number of amides is 1. The summed E-state index contributed by atoms with van der Waals surface area (Å²) in [6.45, 7) is 0.605. The van der Waals surface area contributed by atoms with Gasteiger partial charge in [-0.1, -0.05) is 6.42 Å². The highest BCUT2D eigenvalue weighted by Gasteiger charge is 2.39. The number of hydrogen-bond acceptors (Lipinski definition) is 3. The van der Waals surface area contributed by atoms with Gasteiger partial charge in [0.1, 0.15) is 11.4 Å². The summed E-state index contributed by atoms with van der Waals surface area (Å²) in [5, 5.41) is 11.1.